The molecular weight excluding hydrogens is 318 g/mol. The molecule has 2 N–H and O–H groups in total. The van der Waals surface area contributed by atoms with E-state index in [1.165, 1.54) is 0 Å². The molecule has 1 aromatic rings. The summed E-state index contributed by atoms with van der Waals surface area (Å²) in [5.74, 6) is -0.0477. The monoisotopic (exact) mass is 325 g/mol. The molecule has 0 aliphatic rings. The fourth-order valence-corrected chi connectivity index (χ4v) is 1.54. The lowest BCUT2D eigenvalue weighted by atomic mass is 10.4. The first kappa shape index (κ1) is 11.7. The van der Waals surface area contributed by atoms with Gasteiger partial charge in [0, 0.05) is 6.54 Å². The highest BCUT2D eigenvalue weighted by Crippen LogP contribution is 2.26. The molecule has 0 unspecified atom stereocenters. The van der Waals surface area contributed by atoms with Crippen LogP contribution in [0.4, 0.5) is 0 Å². The topological polar surface area (TPSA) is 62.5 Å². The summed E-state index contributed by atoms with van der Waals surface area (Å²) in [6.07, 6.45) is 0.114. The van der Waals surface area contributed by atoms with Crippen LogP contribution < -0.4 is 5.32 Å². The third-order valence-corrected chi connectivity index (χ3v) is 3.22. The van der Waals surface area contributed by atoms with Crippen LogP contribution in [0.1, 0.15) is 12.2 Å². The van der Waals surface area contributed by atoms with Crippen molar-refractivity contribution in [2.45, 2.75) is 13.0 Å². The maximum Gasteiger partial charge on any atom is 0.304 e. The molecule has 0 spiro atoms. The van der Waals surface area contributed by atoms with E-state index >= 15 is 0 Å². The number of halogens is 2. The summed E-state index contributed by atoms with van der Waals surface area (Å²) in [4.78, 5) is 10.2. The Bertz CT molecular complexity index is 305. The van der Waals surface area contributed by atoms with Crippen molar-refractivity contribution >= 4 is 37.8 Å². The second-order valence-electron chi connectivity index (χ2n) is 2.65. The maximum absolute atomic E-state index is 10.2. The van der Waals surface area contributed by atoms with Gasteiger partial charge in [0.2, 0.25) is 0 Å². The third-order valence-electron chi connectivity index (χ3n) is 1.51. The Morgan fingerprint density at radius 2 is 2.29 bits per heavy atom. The van der Waals surface area contributed by atoms with Gasteiger partial charge in [-0.2, -0.15) is 0 Å². The second-order valence-corrected chi connectivity index (χ2v) is 4.23. The van der Waals surface area contributed by atoms with E-state index in [1.807, 2.05) is 6.07 Å². The molecule has 1 aromatic heterocycles. The van der Waals surface area contributed by atoms with Gasteiger partial charge in [0.1, 0.15) is 5.76 Å². The summed E-state index contributed by atoms with van der Waals surface area (Å²) in [5.41, 5.74) is 0. The minimum Gasteiger partial charge on any atom is -0.481 e. The van der Waals surface area contributed by atoms with E-state index in [1.54, 1.807) is 0 Å². The highest BCUT2D eigenvalue weighted by molar-refractivity contribution is 9.13. The van der Waals surface area contributed by atoms with Crippen LogP contribution in [-0.2, 0) is 11.3 Å². The predicted octanol–water partition coefficient (Wildman–Crippen LogP) is 2.37. The zero-order valence-electron chi connectivity index (χ0n) is 7.22. The van der Waals surface area contributed by atoms with Crippen molar-refractivity contribution in [1.82, 2.24) is 5.32 Å². The summed E-state index contributed by atoms with van der Waals surface area (Å²) in [5, 5.41) is 11.3. The van der Waals surface area contributed by atoms with Gasteiger partial charge in [0.15, 0.2) is 4.67 Å². The van der Waals surface area contributed by atoms with Gasteiger partial charge in [-0.05, 0) is 37.9 Å². The van der Waals surface area contributed by atoms with E-state index in [0.29, 0.717) is 17.8 Å². The SMILES string of the molecule is O=C(O)CCNCc1cc(Br)c(Br)o1. The lowest BCUT2D eigenvalue weighted by molar-refractivity contribution is -0.136. The molecule has 1 heterocycles. The van der Waals surface area contributed by atoms with E-state index in [4.69, 9.17) is 9.52 Å². The van der Waals surface area contributed by atoms with Gasteiger partial charge in [-0.15, -0.1) is 0 Å². The van der Waals surface area contributed by atoms with E-state index in [2.05, 4.69) is 37.2 Å². The zero-order valence-corrected chi connectivity index (χ0v) is 10.4. The van der Waals surface area contributed by atoms with Crippen LogP contribution in [0.5, 0.6) is 0 Å². The highest BCUT2D eigenvalue weighted by atomic mass is 79.9. The first-order valence-electron chi connectivity index (χ1n) is 3.96. The molecule has 78 valence electrons. The number of furan rings is 1. The highest BCUT2D eigenvalue weighted by Gasteiger charge is 2.05. The Morgan fingerprint density at radius 1 is 1.57 bits per heavy atom. The van der Waals surface area contributed by atoms with Gasteiger partial charge in [0.25, 0.3) is 0 Å². The predicted molar refractivity (Wildman–Crippen MR) is 58.1 cm³/mol. The van der Waals surface area contributed by atoms with E-state index in [-0.39, 0.29) is 6.42 Å². The van der Waals surface area contributed by atoms with Crippen molar-refractivity contribution in [3.05, 3.63) is 21.0 Å². The van der Waals surface area contributed by atoms with Crippen LogP contribution in [0.3, 0.4) is 0 Å². The maximum atomic E-state index is 10.2. The Hall–Kier alpha value is -0.330. The smallest absolute Gasteiger partial charge is 0.304 e. The van der Waals surface area contributed by atoms with Crippen molar-refractivity contribution in [2.75, 3.05) is 6.54 Å². The van der Waals surface area contributed by atoms with Crippen LogP contribution in [0.25, 0.3) is 0 Å². The van der Waals surface area contributed by atoms with Crippen molar-refractivity contribution < 1.29 is 14.3 Å². The minimum atomic E-state index is -0.806. The lowest BCUT2D eigenvalue weighted by Gasteiger charge is -1.98. The average Bonchev–Trinajstić information content (AvgIpc) is 2.40. The normalized spacial score (nSPS) is 10.4. The van der Waals surface area contributed by atoms with Gasteiger partial charge >= 0.3 is 5.97 Å². The van der Waals surface area contributed by atoms with Crippen molar-refractivity contribution in [1.29, 1.82) is 0 Å². The largest absolute Gasteiger partial charge is 0.481 e. The molecular formula is C8H9Br2NO3. The molecule has 0 saturated carbocycles. The first-order valence-corrected chi connectivity index (χ1v) is 5.54. The van der Waals surface area contributed by atoms with E-state index in [0.717, 1.165) is 10.2 Å². The number of nitrogens with one attached hydrogen (secondary N) is 1. The second kappa shape index (κ2) is 5.53. The number of hydrogen-bond donors (Lipinski definition) is 2. The zero-order chi connectivity index (χ0) is 10.6. The minimum absolute atomic E-state index is 0.114. The molecule has 6 heteroatoms. The Morgan fingerprint density at radius 3 is 2.79 bits per heavy atom. The van der Waals surface area contributed by atoms with Crippen LogP contribution in [-0.4, -0.2) is 17.6 Å². The molecule has 0 amide bonds. The van der Waals surface area contributed by atoms with Crippen LogP contribution in [0.15, 0.2) is 19.6 Å². The average molecular weight is 327 g/mol. The molecule has 0 saturated heterocycles. The van der Waals surface area contributed by atoms with Crippen LogP contribution >= 0.6 is 31.9 Å². The third kappa shape index (κ3) is 3.81. The molecule has 0 radical (unpaired) electrons. The number of rotatable bonds is 5. The van der Waals surface area contributed by atoms with Gasteiger partial charge < -0.3 is 14.8 Å². The fraction of sp³-hybridized carbons (Fsp3) is 0.375. The quantitative estimate of drug-likeness (QED) is 0.815. The summed E-state index contributed by atoms with van der Waals surface area (Å²) >= 11 is 6.50. The van der Waals surface area contributed by atoms with Gasteiger partial charge in [-0.25, -0.2) is 0 Å². The molecule has 1 rings (SSSR count). The van der Waals surface area contributed by atoms with Gasteiger partial charge in [-0.1, -0.05) is 0 Å². The van der Waals surface area contributed by atoms with Crippen LogP contribution in [0, 0.1) is 0 Å². The number of carboxylic acids is 1. The van der Waals surface area contributed by atoms with Gasteiger partial charge in [0.05, 0.1) is 17.4 Å². The Balaban J connectivity index is 2.28. The number of aliphatic carboxylic acids is 1. The molecule has 0 bridgehead atoms. The Kier molecular flexibility index (Phi) is 4.64. The molecule has 0 atom stereocenters. The molecule has 0 fully saturated rings. The van der Waals surface area contributed by atoms with Crippen molar-refractivity contribution in [3.63, 3.8) is 0 Å². The number of carbonyl (C=O) groups is 1. The standard InChI is InChI=1S/C8H9Br2NO3/c9-6-3-5(14-8(6)10)4-11-2-1-7(12)13/h3,11H,1-2,4H2,(H,12,13). The molecule has 0 aliphatic carbocycles. The molecule has 0 aromatic carbocycles. The van der Waals surface area contributed by atoms with Crippen molar-refractivity contribution in [3.8, 4) is 0 Å². The molecule has 14 heavy (non-hydrogen) atoms. The van der Waals surface area contributed by atoms with Crippen LogP contribution in [0.2, 0.25) is 0 Å². The van der Waals surface area contributed by atoms with Gasteiger partial charge in [-0.3, -0.25) is 4.79 Å². The summed E-state index contributed by atoms with van der Waals surface area (Å²) in [7, 11) is 0. The number of hydrogen-bond acceptors (Lipinski definition) is 3. The Labute approximate surface area is 97.9 Å². The fourth-order valence-electron chi connectivity index (χ4n) is 0.885. The first-order chi connectivity index (χ1) is 6.59. The summed E-state index contributed by atoms with van der Waals surface area (Å²) in [6, 6.07) is 1.83. The van der Waals surface area contributed by atoms with E-state index in [9.17, 15) is 4.79 Å². The molecule has 4 nitrogen and oxygen atoms in total. The summed E-state index contributed by atoms with van der Waals surface area (Å²) in [6.45, 7) is 0.961. The summed E-state index contributed by atoms with van der Waals surface area (Å²) < 4.78 is 6.78. The lowest BCUT2D eigenvalue weighted by Crippen LogP contribution is -2.17. The van der Waals surface area contributed by atoms with Crippen molar-refractivity contribution in [2.24, 2.45) is 0 Å². The van der Waals surface area contributed by atoms with E-state index < -0.39 is 5.97 Å². The number of carboxylic acid groups (broad SMARTS) is 1. The molecule has 0 aliphatic heterocycles.